The molecule has 11 heavy (non-hydrogen) atoms. The molecule has 0 aliphatic rings. The number of rotatable bonds is 0. The van der Waals surface area contributed by atoms with E-state index in [0.29, 0.717) is 4.47 Å². The van der Waals surface area contributed by atoms with Crippen molar-refractivity contribution in [3.05, 3.63) is 33.0 Å². The molecule has 0 aromatic heterocycles. The Hall–Kier alpha value is -0.590. The molecule has 0 saturated heterocycles. The maximum absolute atomic E-state index is 12.9. The quantitative estimate of drug-likeness (QED) is 0.633. The van der Waals surface area contributed by atoms with Gasteiger partial charge >= 0.3 is 0 Å². The molecule has 0 heterocycles. The van der Waals surface area contributed by atoms with Gasteiger partial charge in [0.2, 0.25) is 0 Å². The highest BCUT2D eigenvalue weighted by Crippen LogP contribution is 2.26. The highest BCUT2D eigenvalue weighted by Gasteiger charge is 2.08. The Morgan fingerprint density at radius 1 is 1.55 bits per heavy atom. The van der Waals surface area contributed by atoms with Gasteiger partial charge in [-0.05, 0) is 28.1 Å². The van der Waals surface area contributed by atoms with Crippen LogP contribution in [0.15, 0.2) is 16.6 Å². The lowest BCUT2D eigenvalue weighted by Gasteiger charge is -1.97. The lowest BCUT2D eigenvalue weighted by atomic mass is 10.2. The minimum atomic E-state index is -0.677. The van der Waals surface area contributed by atoms with Crippen LogP contribution in [0.4, 0.5) is 4.39 Å². The molecule has 1 aromatic carbocycles. The van der Waals surface area contributed by atoms with Crippen molar-refractivity contribution in [2.24, 2.45) is 0 Å². The summed E-state index contributed by atoms with van der Waals surface area (Å²) in [5.41, 5.74) is -0.0433. The highest BCUT2D eigenvalue weighted by atomic mass is 79.9. The van der Waals surface area contributed by atoms with E-state index in [1.807, 2.05) is 0 Å². The topological polar surface area (TPSA) is 23.8 Å². The van der Waals surface area contributed by atoms with Gasteiger partial charge in [-0.3, -0.25) is 0 Å². The van der Waals surface area contributed by atoms with Crippen LogP contribution in [-0.2, 0) is 0 Å². The van der Waals surface area contributed by atoms with Gasteiger partial charge in [-0.25, -0.2) is 4.39 Å². The van der Waals surface area contributed by atoms with Crippen molar-refractivity contribution in [2.75, 3.05) is 0 Å². The average molecular weight is 234 g/mol. The largest absolute Gasteiger partial charge is 0.204 e. The summed E-state index contributed by atoms with van der Waals surface area (Å²) in [6.45, 7) is 0. The molecular weight excluding hydrogens is 232 g/mol. The summed E-state index contributed by atoms with van der Waals surface area (Å²) in [6, 6.07) is 4.58. The first-order valence-corrected chi connectivity index (χ1v) is 3.87. The van der Waals surface area contributed by atoms with E-state index in [1.54, 1.807) is 6.07 Å². The predicted molar refractivity (Wildman–Crippen MR) is 43.8 cm³/mol. The third-order valence-corrected chi connectivity index (χ3v) is 2.41. The van der Waals surface area contributed by atoms with Crippen LogP contribution < -0.4 is 0 Å². The lowest BCUT2D eigenvalue weighted by molar-refractivity contribution is 0.623. The number of halogens is 3. The van der Waals surface area contributed by atoms with Gasteiger partial charge in [-0.2, -0.15) is 5.26 Å². The van der Waals surface area contributed by atoms with Crippen LogP contribution in [0.25, 0.3) is 0 Å². The number of hydrogen-bond donors (Lipinski definition) is 0. The molecule has 56 valence electrons. The standard InChI is InChI=1S/C7H2BrClFN/c8-5-2-1-4(3-11)7(10)6(5)9/h1-2H. The number of nitriles is 1. The minimum absolute atomic E-state index is 0.0433. The molecule has 0 spiro atoms. The van der Waals surface area contributed by atoms with Gasteiger partial charge < -0.3 is 0 Å². The molecule has 0 aliphatic heterocycles. The molecule has 1 rings (SSSR count). The average Bonchev–Trinajstić information content (AvgIpc) is 2.01. The van der Waals surface area contributed by atoms with Crippen LogP contribution in [0.1, 0.15) is 5.56 Å². The Morgan fingerprint density at radius 2 is 2.18 bits per heavy atom. The Bertz CT molecular complexity index is 332. The van der Waals surface area contributed by atoms with Crippen LogP contribution in [0.3, 0.4) is 0 Å². The Kier molecular flexibility index (Phi) is 2.48. The van der Waals surface area contributed by atoms with Crippen molar-refractivity contribution in [1.29, 1.82) is 5.26 Å². The first-order chi connectivity index (χ1) is 5.16. The summed E-state index contributed by atoms with van der Waals surface area (Å²) in [6.07, 6.45) is 0. The van der Waals surface area contributed by atoms with Gasteiger partial charge in [0.25, 0.3) is 0 Å². The number of nitrogens with zero attached hydrogens (tertiary/aromatic N) is 1. The fraction of sp³-hybridized carbons (Fsp3) is 0. The van der Waals surface area contributed by atoms with Crippen molar-refractivity contribution in [2.45, 2.75) is 0 Å². The van der Waals surface area contributed by atoms with Gasteiger partial charge in [0.05, 0.1) is 10.6 Å². The molecule has 0 unspecified atom stereocenters. The predicted octanol–water partition coefficient (Wildman–Crippen LogP) is 3.11. The maximum atomic E-state index is 12.9. The second-order valence-electron chi connectivity index (χ2n) is 1.83. The molecule has 0 aliphatic carbocycles. The third-order valence-electron chi connectivity index (χ3n) is 1.16. The Balaban J connectivity index is 3.40. The molecule has 0 saturated carbocycles. The van der Waals surface area contributed by atoms with Gasteiger partial charge in [-0.15, -0.1) is 0 Å². The molecule has 0 N–H and O–H groups in total. The van der Waals surface area contributed by atoms with Gasteiger partial charge in [0, 0.05) is 4.47 Å². The Labute approximate surface area is 76.5 Å². The first kappa shape index (κ1) is 8.51. The zero-order valence-electron chi connectivity index (χ0n) is 5.24. The first-order valence-electron chi connectivity index (χ1n) is 2.70. The van der Waals surface area contributed by atoms with Crippen molar-refractivity contribution in [3.8, 4) is 6.07 Å². The fourth-order valence-corrected chi connectivity index (χ4v) is 1.08. The molecule has 4 heteroatoms. The van der Waals surface area contributed by atoms with Crippen LogP contribution >= 0.6 is 27.5 Å². The lowest BCUT2D eigenvalue weighted by Crippen LogP contribution is -1.84. The number of hydrogen-bond acceptors (Lipinski definition) is 1. The van der Waals surface area contributed by atoms with Crippen molar-refractivity contribution >= 4 is 27.5 Å². The summed E-state index contributed by atoms with van der Waals surface area (Å²) in [5.74, 6) is -0.677. The van der Waals surface area contributed by atoms with E-state index >= 15 is 0 Å². The van der Waals surface area contributed by atoms with Crippen molar-refractivity contribution in [3.63, 3.8) is 0 Å². The molecule has 1 nitrogen and oxygen atoms in total. The third kappa shape index (κ3) is 1.52. The second kappa shape index (κ2) is 3.21. The molecule has 0 fully saturated rings. The van der Waals surface area contributed by atoms with Crippen LogP contribution in [0, 0.1) is 17.1 Å². The summed E-state index contributed by atoms with van der Waals surface area (Å²) in [4.78, 5) is 0. The molecule has 0 atom stereocenters. The van der Waals surface area contributed by atoms with Gasteiger partial charge in [0.1, 0.15) is 6.07 Å². The van der Waals surface area contributed by atoms with E-state index in [-0.39, 0.29) is 10.6 Å². The smallest absolute Gasteiger partial charge is 0.160 e. The van der Waals surface area contributed by atoms with E-state index < -0.39 is 5.82 Å². The summed E-state index contributed by atoms with van der Waals surface area (Å²) in [5, 5.41) is 8.32. The van der Waals surface area contributed by atoms with Crippen LogP contribution in [-0.4, -0.2) is 0 Å². The van der Waals surface area contributed by atoms with Crippen molar-refractivity contribution < 1.29 is 4.39 Å². The van der Waals surface area contributed by atoms with Gasteiger partial charge in [-0.1, -0.05) is 11.6 Å². The molecular formula is C7H2BrClFN. The fourth-order valence-electron chi connectivity index (χ4n) is 0.612. The molecule has 0 amide bonds. The van der Waals surface area contributed by atoms with Crippen LogP contribution in [0.5, 0.6) is 0 Å². The van der Waals surface area contributed by atoms with E-state index in [1.165, 1.54) is 12.1 Å². The molecule has 0 radical (unpaired) electrons. The molecule has 0 bridgehead atoms. The highest BCUT2D eigenvalue weighted by molar-refractivity contribution is 9.10. The minimum Gasteiger partial charge on any atom is -0.204 e. The number of benzene rings is 1. The van der Waals surface area contributed by atoms with E-state index in [9.17, 15) is 4.39 Å². The van der Waals surface area contributed by atoms with Gasteiger partial charge in [0.15, 0.2) is 5.82 Å². The van der Waals surface area contributed by atoms with Crippen molar-refractivity contribution in [1.82, 2.24) is 0 Å². The zero-order valence-corrected chi connectivity index (χ0v) is 7.58. The van der Waals surface area contributed by atoms with Crippen LogP contribution in [0.2, 0.25) is 5.02 Å². The van der Waals surface area contributed by atoms with E-state index in [0.717, 1.165) is 0 Å². The normalized spacial score (nSPS) is 9.27. The molecule has 1 aromatic rings. The van der Waals surface area contributed by atoms with E-state index in [2.05, 4.69) is 15.9 Å². The Morgan fingerprint density at radius 3 is 2.73 bits per heavy atom. The second-order valence-corrected chi connectivity index (χ2v) is 3.07. The van der Waals surface area contributed by atoms with E-state index in [4.69, 9.17) is 16.9 Å². The summed E-state index contributed by atoms with van der Waals surface area (Å²) in [7, 11) is 0. The summed E-state index contributed by atoms with van der Waals surface area (Å²) < 4.78 is 13.3. The SMILES string of the molecule is N#Cc1ccc(Br)c(Cl)c1F. The zero-order chi connectivity index (χ0) is 8.43. The summed E-state index contributed by atoms with van der Waals surface area (Å²) >= 11 is 8.52. The maximum Gasteiger partial charge on any atom is 0.160 e. The monoisotopic (exact) mass is 233 g/mol.